The molecule has 0 aliphatic rings. The van der Waals surface area contributed by atoms with Gasteiger partial charge in [0.15, 0.2) is 0 Å². The second-order valence-electron chi connectivity index (χ2n) is 5.70. The molecule has 1 aromatic heterocycles. The van der Waals surface area contributed by atoms with Crippen molar-refractivity contribution in [3.63, 3.8) is 0 Å². The minimum Gasteiger partial charge on any atom is -0.384 e. The summed E-state index contributed by atoms with van der Waals surface area (Å²) < 4.78 is 0. The van der Waals surface area contributed by atoms with Crippen LogP contribution in [-0.2, 0) is 6.42 Å². The summed E-state index contributed by atoms with van der Waals surface area (Å²) in [5, 5.41) is 3.35. The number of nitrogens with two attached hydrogens (primary N) is 1. The molecule has 0 unspecified atom stereocenters. The van der Waals surface area contributed by atoms with Crippen LogP contribution in [-0.4, -0.2) is 42.1 Å². The Morgan fingerprint density at radius 1 is 1.33 bits per heavy atom. The van der Waals surface area contributed by atoms with Crippen LogP contribution in [0.1, 0.15) is 26.6 Å². The molecule has 18 heavy (non-hydrogen) atoms. The molecule has 3 N–H and O–H groups in total. The van der Waals surface area contributed by atoms with Gasteiger partial charge in [-0.25, -0.2) is 9.97 Å². The third-order valence-electron chi connectivity index (χ3n) is 2.60. The smallest absolute Gasteiger partial charge is 0.132 e. The average Bonchev–Trinajstić information content (AvgIpc) is 2.24. The normalized spacial score (nSPS) is 11.9. The monoisotopic (exact) mass is 251 g/mol. The molecular formula is C13H25N5. The molecule has 0 amide bonds. The van der Waals surface area contributed by atoms with E-state index in [-0.39, 0.29) is 5.41 Å². The number of aryl methyl sites for hydroxylation is 1. The van der Waals surface area contributed by atoms with Gasteiger partial charge in [-0.3, -0.25) is 0 Å². The Hall–Kier alpha value is -1.36. The van der Waals surface area contributed by atoms with Gasteiger partial charge in [-0.1, -0.05) is 20.8 Å². The van der Waals surface area contributed by atoms with Crippen molar-refractivity contribution in [2.24, 2.45) is 5.41 Å². The topological polar surface area (TPSA) is 67.1 Å². The summed E-state index contributed by atoms with van der Waals surface area (Å²) in [5.41, 5.74) is 5.93. The van der Waals surface area contributed by atoms with Crippen molar-refractivity contribution in [2.75, 3.05) is 38.2 Å². The van der Waals surface area contributed by atoms with E-state index in [2.05, 4.69) is 48.1 Å². The summed E-state index contributed by atoms with van der Waals surface area (Å²) in [4.78, 5) is 10.8. The van der Waals surface area contributed by atoms with Gasteiger partial charge in [0.05, 0.1) is 0 Å². The molecule has 0 radical (unpaired) electrons. The van der Waals surface area contributed by atoms with Gasteiger partial charge < -0.3 is 16.0 Å². The van der Waals surface area contributed by atoms with E-state index in [9.17, 15) is 0 Å². The largest absolute Gasteiger partial charge is 0.384 e. The van der Waals surface area contributed by atoms with E-state index in [0.717, 1.165) is 31.2 Å². The molecule has 0 atom stereocenters. The number of nitrogens with zero attached hydrogens (tertiary/aromatic N) is 3. The Bertz CT molecular complexity index is 387. The summed E-state index contributed by atoms with van der Waals surface area (Å²) in [7, 11) is 4.17. The van der Waals surface area contributed by atoms with Crippen LogP contribution in [0.15, 0.2) is 6.07 Å². The SMILES string of the molecule is CCc1nc(N)cc(NCC(C)(C)CN(C)C)n1. The Labute approximate surface area is 110 Å². The van der Waals surface area contributed by atoms with E-state index >= 15 is 0 Å². The first-order valence-corrected chi connectivity index (χ1v) is 6.34. The molecule has 1 heterocycles. The maximum absolute atomic E-state index is 5.76. The molecule has 0 bridgehead atoms. The molecule has 0 fully saturated rings. The fourth-order valence-electron chi connectivity index (χ4n) is 2.01. The summed E-state index contributed by atoms with van der Waals surface area (Å²) in [6.07, 6.45) is 0.792. The van der Waals surface area contributed by atoms with Crippen molar-refractivity contribution in [1.82, 2.24) is 14.9 Å². The molecule has 0 aromatic carbocycles. The lowest BCUT2D eigenvalue weighted by Crippen LogP contribution is -2.34. The third-order valence-corrected chi connectivity index (χ3v) is 2.60. The van der Waals surface area contributed by atoms with Crippen LogP contribution in [0, 0.1) is 5.41 Å². The first kappa shape index (κ1) is 14.7. The summed E-state index contributed by atoms with van der Waals surface area (Å²) in [6, 6.07) is 1.78. The predicted molar refractivity (Wildman–Crippen MR) is 76.6 cm³/mol. The van der Waals surface area contributed by atoms with Crippen molar-refractivity contribution in [2.45, 2.75) is 27.2 Å². The second kappa shape index (κ2) is 6.00. The average molecular weight is 251 g/mol. The number of hydrogen-bond acceptors (Lipinski definition) is 5. The van der Waals surface area contributed by atoms with Crippen molar-refractivity contribution in [3.8, 4) is 0 Å². The Morgan fingerprint density at radius 3 is 2.56 bits per heavy atom. The van der Waals surface area contributed by atoms with E-state index in [1.54, 1.807) is 6.07 Å². The Balaban J connectivity index is 2.65. The van der Waals surface area contributed by atoms with Crippen LogP contribution in [0.2, 0.25) is 0 Å². The molecule has 5 heteroatoms. The Kier molecular flexibility index (Phi) is 4.90. The van der Waals surface area contributed by atoms with Gasteiger partial charge in [-0.15, -0.1) is 0 Å². The van der Waals surface area contributed by atoms with Gasteiger partial charge in [0, 0.05) is 25.6 Å². The van der Waals surface area contributed by atoms with Crippen molar-refractivity contribution < 1.29 is 0 Å². The zero-order chi connectivity index (χ0) is 13.8. The lowest BCUT2D eigenvalue weighted by Gasteiger charge is -2.28. The predicted octanol–water partition coefficient (Wildman–Crippen LogP) is 1.62. The number of hydrogen-bond donors (Lipinski definition) is 2. The zero-order valence-electron chi connectivity index (χ0n) is 12.1. The van der Waals surface area contributed by atoms with Gasteiger partial charge >= 0.3 is 0 Å². The highest BCUT2D eigenvalue weighted by Gasteiger charge is 2.18. The van der Waals surface area contributed by atoms with Gasteiger partial charge in [-0.2, -0.15) is 0 Å². The molecule has 5 nitrogen and oxygen atoms in total. The van der Waals surface area contributed by atoms with Crippen LogP contribution in [0.5, 0.6) is 0 Å². The van der Waals surface area contributed by atoms with Crippen LogP contribution in [0.3, 0.4) is 0 Å². The highest BCUT2D eigenvalue weighted by atomic mass is 15.1. The maximum atomic E-state index is 5.76. The fraction of sp³-hybridized carbons (Fsp3) is 0.692. The van der Waals surface area contributed by atoms with E-state index in [4.69, 9.17) is 5.73 Å². The maximum Gasteiger partial charge on any atom is 0.132 e. The van der Waals surface area contributed by atoms with Crippen molar-refractivity contribution in [1.29, 1.82) is 0 Å². The molecule has 0 spiro atoms. The first-order valence-electron chi connectivity index (χ1n) is 6.34. The standard InChI is InChI=1S/C13H25N5/c1-6-11-16-10(14)7-12(17-11)15-8-13(2,3)9-18(4)5/h7H,6,8-9H2,1-5H3,(H3,14,15,16,17). The minimum atomic E-state index is 0.176. The lowest BCUT2D eigenvalue weighted by atomic mass is 9.93. The van der Waals surface area contributed by atoms with E-state index < -0.39 is 0 Å². The van der Waals surface area contributed by atoms with Gasteiger partial charge in [0.1, 0.15) is 17.5 Å². The summed E-state index contributed by atoms with van der Waals surface area (Å²) in [6.45, 7) is 8.34. The van der Waals surface area contributed by atoms with E-state index in [1.807, 2.05) is 6.92 Å². The highest BCUT2D eigenvalue weighted by Crippen LogP contribution is 2.17. The van der Waals surface area contributed by atoms with E-state index in [0.29, 0.717) is 5.82 Å². The highest BCUT2D eigenvalue weighted by molar-refractivity contribution is 5.44. The molecule has 0 aliphatic carbocycles. The number of rotatable bonds is 6. The number of aromatic nitrogens is 2. The third kappa shape index (κ3) is 4.87. The van der Waals surface area contributed by atoms with Crippen LogP contribution in [0.4, 0.5) is 11.6 Å². The molecule has 0 saturated heterocycles. The number of nitrogen functional groups attached to an aromatic ring is 1. The van der Waals surface area contributed by atoms with Gasteiger partial charge in [0.2, 0.25) is 0 Å². The van der Waals surface area contributed by atoms with E-state index in [1.165, 1.54) is 0 Å². The second-order valence-corrected chi connectivity index (χ2v) is 5.70. The van der Waals surface area contributed by atoms with Crippen molar-refractivity contribution in [3.05, 3.63) is 11.9 Å². The molecule has 0 saturated carbocycles. The number of anilines is 2. The molecular weight excluding hydrogens is 226 g/mol. The quantitative estimate of drug-likeness (QED) is 0.804. The van der Waals surface area contributed by atoms with Crippen LogP contribution in [0.25, 0.3) is 0 Å². The van der Waals surface area contributed by atoms with Gasteiger partial charge in [-0.05, 0) is 19.5 Å². The lowest BCUT2D eigenvalue weighted by molar-refractivity contribution is 0.254. The Morgan fingerprint density at radius 2 is 2.00 bits per heavy atom. The summed E-state index contributed by atoms with van der Waals surface area (Å²) in [5.74, 6) is 2.11. The van der Waals surface area contributed by atoms with Gasteiger partial charge in [0.25, 0.3) is 0 Å². The fourth-order valence-corrected chi connectivity index (χ4v) is 2.01. The zero-order valence-corrected chi connectivity index (χ0v) is 12.1. The molecule has 1 rings (SSSR count). The van der Waals surface area contributed by atoms with Crippen LogP contribution < -0.4 is 11.1 Å². The molecule has 1 aromatic rings. The first-order chi connectivity index (χ1) is 8.32. The minimum absolute atomic E-state index is 0.176. The van der Waals surface area contributed by atoms with Crippen LogP contribution >= 0.6 is 0 Å². The number of nitrogens with one attached hydrogen (secondary N) is 1. The summed E-state index contributed by atoms with van der Waals surface area (Å²) >= 11 is 0. The van der Waals surface area contributed by atoms with Crippen molar-refractivity contribution >= 4 is 11.6 Å². The molecule has 102 valence electrons. The molecule has 0 aliphatic heterocycles.